The summed E-state index contributed by atoms with van der Waals surface area (Å²) in [5, 5.41) is 12.7. The smallest absolute Gasteiger partial charge is 0.251 e. The van der Waals surface area contributed by atoms with Crippen molar-refractivity contribution in [2.75, 3.05) is 5.73 Å². The number of rotatable bonds is 2. The van der Waals surface area contributed by atoms with Gasteiger partial charge >= 0.3 is 0 Å². The van der Waals surface area contributed by atoms with E-state index in [1.807, 2.05) is 20.8 Å². The number of amides is 1. The fourth-order valence-electron chi connectivity index (χ4n) is 2.32. The molecule has 1 aromatic rings. The molecule has 4 nitrogen and oxygen atoms in total. The summed E-state index contributed by atoms with van der Waals surface area (Å²) in [6.07, 6.45) is 0.243. The molecule has 0 radical (unpaired) electrons. The van der Waals surface area contributed by atoms with Crippen LogP contribution in [0, 0.1) is 12.3 Å². The SMILES string of the molecule is Cc1c(N)cc(Br)cc1C(=O)NC1CC(O)C1(C)C. The van der Waals surface area contributed by atoms with Crippen LogP contribution in [0.15, 0.2) is 16.6 Å². The Morgan fingerprint density at radius 3 is 2.68 bits per heavy atom. The van der Waals surface area contributed by atoms with E-state index < -0.39 is 0 Å². The van der Waals surface area contributed by atoms with Crippen molar-refractivity contribution >= 4 is 27.5 Å². The summed E-state index contributed by atoms with van der Waals surface area (Å²) < 4.78 is 0.786. The average Bonchev–Trinajstić information content (AvgIpc) is 2.33. The summed E-state index contributed by atoms with van der Waals surface area (Å²) in [7, 11) is 0. The maximum Gasteiger partial charge on any atom is 0.251 e. The van der Waals surface area contributed by atoms with E-state index >= 15 is 0 Å². The third-order valence-corrected chi connectivity index (χ3v) is 4.64. The first-order valence-corrected chi connectivity index (χ1v) is 7.07. The molecule has 0 saturated heterocycles. The molecule has 0 aliphatic heterocycles. The number of hydrogen-bond donors (Lipinski definition) is 3. The van der Waals surface area contributed by atoms with E-state index in [0.717, 1.165) is 10.0 Å². The molecule has 2 rings (SSSR count). The molecule has 1 amide bonds. The van der Waals surface area contributed by atoms with Gasteiger partial charge in [0, 0.05) is 27.2 Å². The maximum atomic E-state index is 12.3. The predicted molar refractivity (Wildman–Crippen MR) is 79.0 cm³/mol. The Labute approximate surface area is 121 Å². The minimum Gasteiger partial charge on any atom is -0.398 e. The largest absolute Gasteiger partial charge is 0.398 e. The van der Waals surface area contributed by atoms with Gasteiger partial charge in [-0.15, -0.1) is 0 Å². The van der Waals surface area contributed by atoms with Gasteiger partial charge in [-0.1, -0.05) is 29.8 Å². The van der Waals surface area contributed by atoms with Crippen molar-refractivity contribution < 1.29 is 9.90 Å². The lowest BCUT2D eigenvalue weighted by molar-refractivity contribution is -0.0689. The normalized spacial score (nSPS) is 24.7. The topological polar surface area (TPSA) is 75.4 Å². The quantitative estimate of drug-likeness (QED) is 0.729. The summed E-state index contributed by atoms with van der Waals surface area (Å²) in [5.41, 5.74) is 7.52. The maximum absolute atomic E-state index is 12.3. The number of aliphatic hydroxyl groups excluding tert-OH is 1. The third-order valence-electron chi connectivity index (χ3n) is 4.18. The van der Waals surface area contributed by atoms with Gasteiger partial charge in [-0.05, 0) is 31.0 Å². The zero-order chi connectivity index (χ0) is 14.4. The molecule has 104 valence electrons. The highest BCUT2D eigenvalue weighted by atomic mass is 79.9. The van der Waals surface area contributed by atoms with E-state index in [1.165, 1.54) is 0 Å². The Morgan fingerprint density at radius 2 is 2.16 bits per heavy atom. The lowest BCUT2D eigenvalue weighted by Crippen LogP contribution is -2.61. The first-order valence-electron chi connectivity index (χ1n) is 6.28. The highest BCUT2D eigenvalue weighted by Crippen LogP contribution is 2.40. The van der Waals surface area contributed by atoms with E-state index in [9.17, 15) is 9.90 Å². The Balaban J connectivity index is 2.18. The molecular weight excluding hydrogens is 308 g/mol. The highest BCUT2D eigenvalue weighted by Gasteiger charge is 2.48. The second kappa shape index (κ2) is 4.80. The van der Waals surface area contributed by atoms with Crippen molar-refractivity contribution in [1.29, 1.82) is 0 Å². The molecule has 0 heterocycles. The van der Waals surface area contributed by atoms with Gasteiger partial charge in [0.25, 0.3) is 5.91 Å². The summed E-state index contributed by atoms with van der Waals surface area (Å²) in [6.45, 7) is 5.74. The fourth-order valence-corrected chi connectivity index (χ4v) is 2.79. The van der Waals surface area contributed by atoms with Crippen LogP contribution in [0.2, 0.25) is 0 Å². The summed E-state index contributed by atoms with van der Waals surface area (Å²) >= 11 is 3.34. The Kier molecular flexibility index (Phi) is 3.62. The predicted octanol–water partition coefficient (Wildman–Crippen LogP) is 2.23. The number of halogens is 1. The number of carbonyl (C=O) groups excluding carboxylic acids is 1. The first kappa shape index (κ1) is 14.3. The third kappa shape index (κ3) is 2.49. The molecule has 0 spiro atoms. The van der Waals surface area contributed by atoms with Gasteiger partial charge in [-0.3, -0.25) is 4.79 Å². The zero-order valence-electron chi connectivity index (χ0n) is 11.3. The molecule has 1 saturated carbocycles. The minimum atomic E-state index is -0.355. The van der Waals surface area contributed by atoms with Gasteiger partial charge in [0.1, 0.15) is 0 Å². The summed E-state index contributed by atoms with van der Waals surface area (Å²) in [4.78, 5) is 12.3. The lowest BCUT2D eigenvalue weighted by atomic mass is 9.64. The number of anilines is 1. The van der Waals surface area contributed by atoms with Crippen LogP contribution >= 0.6 is 15.9 Å². The van der Waals surface area contributed by atoms with Crippen LogP contribution in [-0.2, 0) is 0 Å². The average molecular weight is 327 g/mol. The van der Waals surface area contributed by atoms with Crippen LogP contribution in [0.4, 0.5) is 5.69 Å². The molecule has 1 aromatic carbocycles. The fraction of sp³-hybridized carbons (Fsp3) is 0.500. The van der Waals surface area contributed by atoms with Crippen molar-refractivity contribution in [3.63, 3.8) is 0 Å². The number of aliphatic hydroxyl groups is 1. The number of benzene rings is 1. The van der Waals surface area contributed by atoms with Crippen LogP contribution in [0.3, 0.4) is 0 Å². The number of nitrogens with two attached hydrogens (primary N) is 1. The monoisotopic (exact) mass is 326 g/mol. The molecule has 19 heavy (non-hydrogen) atoms. The number of nitrogens with one attached hydrogen (secondary N) is 1. The highest BCUT2D eigenvalue weighted by molar-refractivity contribution is 9.10. The van der Waals surface area contributed by atoms with Gasteiger partial charge < -0.3 is 16.2 Å². The molecule has 1 aliphatic carbocycles. The minimum absolute atomic E-state index is 0.00499. The second-order valence-electron chi connectivity index (χ2n) is 5.77. The van der Waals surface area contributed by atoms with E-state index in [0.29, 0.717) is 17.7 Å². The number of nitrogen functional groups attached to an aromatic ring is 1. The van der Waals surface area contributed by atoms with Crippen LogP contribution in [-0.4, -0.2) is 23.2 Å². The van der Waals surface area contributed by atoms with Crippen molar-refractivity contribution in [3.8, 4) is 0 Å². The van der Waals surface area contributed by atoms with Crippen molar-refractivity contribution in [1.82, 2.24) is 5.32 Å². The van der Waals surface area contributed by atoms with Crippen molar-refractivity contribution in [2.45, 2.75) is 39.3 Å². The first-order chi connectivity index (χ1) is 8.73. The van der Waals surface area contributed by atoms with E-state index in [-0.39, 0.29) is 23.5 Å². The molecule has 4 N–H and O–H groups in total. The molecule has 2 unspecified atom stereocenters. The number of carbonyl (C=O) groups is 1. The second-order valence-corrected chi connectivity index (χ2v) is 6.68. The van der Waals surface area contributed by atoms with Gasteiger partial charge in [0.2, 0.25) is 0 Å². The molecule has 1 fully saturated rings. The number of hydrogen-bond acceptors (Lipinski definition) is 3. The van der Waals surface area contributed by atoms with Gasteiger partial charge in [0.05, 0.1) is 6.10 Å². The molecule has 0 aromatic heterocycles. The Hall–Kier alpha value is -1.07. The zero-order valence-corrected chi connectivity index (χ0v) is 12.9. The molecule has 1 aliphatic rings. The Morgan fingerprint density at radius 1 is 1.53 bits per heavy atom. The Bertz CT molecular complexity index is 528. The van der Waals surface area contributed by atoms with Gasteiger partial charge in [-0.25, -0.2) is 0 Å². The summed E-state index contributed by atoms with van der Waals surface area (Å²) in [6, 6.07) is 3.54. The van der Waals surface area contributed by atoms with Crippen LogP contribution in [0.5, 0.6) is 0 Å². The van der Waals surface area contributed by atoms with Crippen molar-refractivity contribution in [3.05, 3.63) is 27.7 Å². The van der Waals surface area contributed by atoms with Crippen LogP contribution in [0.25, 0.3) is 0 Å². The van der Waals surface area contributed by atoms with E-state index in [4.69, 9.17) is 5.73 Å². The van der Waals surface area contributed by atoms with Crippen LogP contribution in [0.1, 0.15) is 36.2 Å². The lowest BCUT2D eigenvalue weighted by Gasteiger charge is -2.49. The molecular formula is C14H19BrN2O2. The van der Waals surface area contributed by atoms with Crippen LogP contribution < -0.4 is 11.1 Å². The van der Waals surface area contributed by atoms with E-state index in [1.54, 1.807) is 12.1 Å². The molecule has 0 bridgehead atoms. The van der Waals surface area contributed by atoms with Gasteiger partial charge in [-0.2, -0.15) is 0 Å². The van der Waals surface area contributed by atoms with E-state index in [2.05, 4.69) is 21.2 Å². The van der Waals surface area contributed by atoms with Gasteiger partial charge in [0.15, 0.2) is 0 Å². The standard InChI is InChI=1S/C14H19BrN2O2/c1-7-9(4-8(15)5-10(7)16)13(19)17-11-6-12(18)14(11,2)3/h4-5,11-12,18H,6,16H2,1-3H3,(H,17,19). The summed E-state index contributed by atoms with van der Waals surface area (Å²) in [5.74, 6) is -0.143. The van der Waals surface area contributed by atoms with Crippen molar-refractivity contribution in [2.24, 2.45) is 5.41 Å². The molecule has 2 atom stereocenters. The molecule has 5 heteroatoms.